The molecular weight excluding hydrogens is 366 g/mol. The van der Waals surface area contributed by atoms with Gasteiger partial charge in [0, 0.05) is 31.0 Å². The van der Waals surface area contributed by atoms with Crippen molar-refractivity contribution in [3.8, 4) is 0 Å². The van der Waals surface area contributed by atoms with Crippen LogP contribution in [0, 0.1) is 17.8 Å². The predicted octanol–water partition coefficient (Wildman–Crippen LogP) is 4.71. The predicted molar refractivity (Wildman–Crippen MR) is 107 cm³/mol. The fraction of sp³-hybridized carbons (Fsp3) is 0.478. The molecule has 2 bridgehead atoms. The number of Topliss-reactive ketones (excluding diaryl/α,β-unsaturated/α-hetero) is 2. The molecule has 4 atom stereocenters. The fourth-order valence-corrected chi connectivity index (χ4v) is 5.26. The average molecular weight is 391 g/mol. The van der Waals surface area contributed by atoms with Gasteiger partial charge in [0.05, 0.1) is 23.0 Å². The Labute approximate surface area is 169 Å². The van der Waals surface area contributed by atoms with Crippen molar-refractivity contribution < 1.29 is 14.1 Å². The Morgan fingerprint density at radius 3 is 2.93 bits per heavy atom. The van der Waals surface area contributed by atoms with Crippen molar-refractivity contribution in [1.29, 1.82) is 0 Å². The maximum Gasteiger partial charge on any atom is 0.202 e. The second kappa shape index (κ2) is 7.25. The molecular formula is C23H25N3O3. The smallest absolute Gasteiger partial charge is 0.202 e. The zero-order valence-electron chi connectivity index (χ0n) is 16.6. The van der Waals surface area contributed by atoms with E-state index in [1.54, 1.807) is 16.8 Å². The topological polar surface area (TPSA) is 77.5 Å². The monoisotopic (exact) mass is 391 g/mol. The molecule has 29 heavy (non-hydrogen) atoms. The zero-order chi connectivity index (χ0) is 20.0. The van der Waals surface area contributed by atoms with Crippen molar-refractivity contribution in [2.75, 3.05) is 0 Å². The van der Waals surface area contributed by atoms with Gasteiger partial charge in [-0.3, -0.25) is 9.59 Å². The number of ketones is 2. The van der Waals surface area contributed by atoms with Gasteiger partial charge in [-0.2, -0.15) is 5.10 Å². The molecule has 150 valence electrons. The molecule has 6 heteroatoms. The van der Waals surface area contributed by atoms with Crippen molar-refractivity contribution in [1.82, 2.24) is 14.8 Å². The number of carbonyl (C=O) groups excluding carboxylic acids is 2. The summed E-state index contributed by atoms with van der Waals surface area (Å²) < 4.78 is 7.05. The van der Waals surface area contributed by atoms with Crippen LogP contribution in [0.25, 0.3) is 5.52 Å². The lowest BCUT2D eigenvalue weighted by Gasteiger charge is -2.19. The third-order valence-corrected chi connectivity index (χ3v) is 6.86. The number of carbonyl (C=O) groups is 2. The van der Waals surface area contributed by atoms with Gasteiger partial charge in [0.25, 0.3) is 0 Å². The van der Waals surface area contributed by atoms with E-state index in [1.165, 1.54) is 25.7 Å². The third-order valence-electron chi connectivity index (χ3n) is 6.86. The Balaban J connectivity index is 1.24. The number of pyridine rings is 1. The summed E-state index contributed by atoms with van der Waals surface area (Å²) in [6.07, 6.45) is 9.37. The molecule has 1 unspecified atom stereocenters. The fourth-order valence-electron chi connectivity index (χ4n) is 5.26. The zero-order valence-corrected chi connectivity index (χ0v) is 16.6. The first-order chi connectivity index (χ1) is 14.1. The third kappa shape index (κ3) is 3.41. The molecule has 0 radical (unpaired) electrons. The van der Waals surface area contributed by atoms with E-state index in [4.69, 9.17) is 4.52 Å². The molecule has 2 aliphatic carbocycles. The molecule has 3 heterocycles. The van der Waals surface area contributed by atoms with Crippen molar-refractivity contribution in [2.45, 2.75) is 51.4 Å². The number of aromatic nitrogens is 3. The van der Waals surface area contributed by atoms with Crippen molar-refractivity contribution in [2.24, 2.45) is 17.8 Å². The largest absolute Gasteiger partial charge is 0.353 e. The van der Waals surface area contributed by atoms with Gasteiger partial charge in [-0.15, -0.1) is 0 Å². The quantitative estimate of drug-likeness (QED) is 0.545. The number of hydrogen-bond acceptors (Lipinski definition) is 5. The Morgan fingerprint density at radius 1 is 1.24 bits per heavy atom. The molecule has 0 saturated heterocycles. The number of rotatable bonds is 7. The average Bonchev–Trinajstić information content (AvgIpc) is 3.50. The van der Waals surface area contributed by atoms with Crippen LogP contribution in [-0.4, -0.2) is 26.3 Å². The van der Waals surface area contributed by atoms with Crippen molar-refractivity contribution >= 4 is 17.1 Å². The van der Waals surface area contributed by atoms with E-state index in [0.717, 1.165) is 11.4 Å². The summed E-state index contributed by atoms with van der Waals surface area (Å²) in [5.74, 6) is 2.30. The molecule has 0 N–H and O–H groups in total. The maximum atomic E-state index is 12.8. The molecule has 2 fully saturated rings. The lowest BCUT2D eigenvalue weighted by molar-refractivity contribution is 0.0906. The Kier molecular flexibility index (Phi) is 4.57. The van der Waals surface area contributed by atoms with Gasteiger partial charge in [-0.25, -0.2) is 4.52 Å². The molecule has 0 amide bonds. The van der Waals surface area contributed by atoms with Gasteiger partial charge in [-0.05, 0) is 49.1 Å². The molecule has 3 aromatic rings. The van der Waals surface area contributed by atoms with Crippen LogP contribution in [0.1, 0.15) is 78.0 Å². The van der Waals surface area contributed by atoms with E-state index < -0.39 is 0 Å². The summed E-state index contributed by atoms with van der Waals surface area (Å²) in [4.78, 5) is 25.4. The lowest BCUT2D eigenvalue weighted by Crippen LogP contribution is -2.15. The Hall–Kier alpha value is -2.76. The standard InChI is InChI=1S/C23H25N3O3/c1-14(8-21(27)18-13-24-26-7-3-2-4-20(18)26)19-12-23(29-25-19)22(28)11-17-10-15-5-6-16(17)9-15/h2-4,7,12-17H,5-6,8-11H2,1H3/t14-,15+,16-,17?/m0/s1. The summed E-state index contributed by atoms with van der Waals surface area (Å²) in [5.41, 5.74) is 2.06. The highest BCUT2D eigenvalue weighted by atomic mass is 16.5. The van der Waals surface area contributed by atoms with Gasteiger partial charge < -0.3 is 4.52 Å². The van der Waals surface area contributed by atoms with E-state index >= 15 is 0 Å². The van der Waals surface area contributed by atoms with Crippen LogP contribution in [0.2, 0.25) is 0 Å². The van der Waals surface area contributed by atoms with Crippen LogP contribution in [-0.2, 0) is 0 Å². The lowest BCUT2D eigenvalue weighted by atomic mass is 9.85. The minimum Gasteiger partial charge on any atom is -0.353 e. The molecule has 0 aromatic carbocycles. The molecule has 0 aliphatic heterocycles. The SMILES string of the molecule is C[C@@H](CC(=O)c1cnn2ccccc12)c1cc(C(=O)CC2C[C@@H]3CC[C@H]2C3)on1. The maximum absolute atomic E-state index is 12.8. The van der Waals surface area contributed by atoms with E-state index in [2.05, 4.69) is 10.3 Å². The number of nitrogens with zero attached hydrogens (tertiary/aromatic N) is 3. The second-order valence-corrected chi connectivity index (χ2v) is 8.80. The number of hydrogen-bond donors (Lipinski definition) is 0. The highest BCUT2D eigenvalue weighted by molar-refractivity contribution is 6.02. The molecule has 2 saturated carbocycles. The van der Waals surface area contributed by atoms with Crippen LogP contribution in [0.5, 0.6) is 0 Å². The molecule has 5 rings (SSSR count). The van der Waals surface area contributed by atoms with Gasteiger partial charge >= 0.3 is 0 Å². The Bertz CT molecular complexity index is 1070. The molecule has 0 spiro atoms. The van der Waals surface area contributed by atoms with Crippen molar-refractivity contribution in [3.63, 3.8) is 0 Å². The highest BCUT2D eigenvalue weighted by Crippen LogP contribution is 2.49. The molecule has 6 nitrogen and oxygen atoms in total. The number of fused-ring (bicyclic) bond motifs is 3. The van der Waals surface area contributed by atoms with E-state index in [1.807, 2.05) is 31.3 Å². The van der Waals surface area contributed by atoms with Gasteiger partial charge in [0.2, 0.25) is 11.5 Å². The van der Waals surface area contributed by atoms with Gasteiger partial charge in [0.15, 0.2) is 5.78 Å². The summed E-state index contributed by atoms with van der Waals surface area (Å²) in [6, 6.07) is 7.38. The normalized spacial score (nSPS) is 24.2. The summed E-state index contributed by atoms with van der Waals surface area (Å²) >= 11 is 0. The minimum absolute atomic E-state index is 0.0107. The second-order valence-electron chi connectivity index (χ2n) is 8.80. The first kappa shape index (κ1) is 18.3. The first-order valence-corrected chi connectivity index (χ1v) is 10.5. The Morgan fingerprint density at radius 2 is 2.14 bits per heavy atom. The molecule has 2 aliphatic rings. The van der Waals surface area contributed by atoms with E-state index in [-0.39, 0.29) is 17.5 Å². The summed E-state index contributed by atoms with van der Waals surface area (Å²) in [5, 5.41) is 8.32. The minimum atomic E-state index is -0.131. The van der Waals surface area contributed by atoms with Crippen molar-refractivity contribution in [3.05, 3.63) is 53.7 Å². The van der Waals surface area contributed by atoms with E-state index in [0.29, 0.717) is 41.7 Å². The van der Waals surface area contributed by atoms with Crippen LogP contribution in [0.15, 0.2) is 41.2 Å². The van der Waals surface area contributed by atoms with Crippen LogP contribution in [0.3, 0.4) is 0 Å². The first-order valence-electron chi connectivity index (χ1n) is 10.5. The summed E-state index contributed by atoms with van der Waals surface area (Å²) in [7, 11) is 0. The summed E-state index contributed by atoms with van der Waals surface area (Å²) in [6.45, 7) is 1.94. The molecule has 3 aromatic heterocycles. The highest BCUT2D eigenvalue weighted by Gasteiger charge is 2.40. The van der Waals surface area contributed by atoms with Gasteiger partial charge in [-0.1, -0.05) is 24.6 Å². The van der Waals surface area contributed by atoms with E-state index in [9.17, 15) is 9.59 Å². The van der Waals surface area contributed by atoms with Crippen LogP contribution in [0.4, 0.5) is 0 Å². The van der Waals surface area contributed by atoms with Crippen LogP contribution >= 0.6 is 0 Å². The van der Waals surface area contributed by atoms with Crippen LogP contribution < -0.4 is 0 Å². The van der Waals surface area contributed by atoms with Gasteiger partial charge in [0.1, 0.15) is 0 Å².